The molecule has 0 saturated carbocycles. The van der Waals surface area contributed by atoms with Gasteiger partial charge in [0, 0.05) is 21.3 Å². The SMILES string of the molecule is C[Si](C)CC1OCCC1c1ccccc1. The predicted molar refractivity (Wildman–Crippen MR) is 65.8 cm³/mol. The Bertz CT molecular complexity index is 297. The molecular weight excluding hydrogens is 200 g/mol. The second kappa shape index (κ2) is 4.95. The van der Waals surface area contributed by atoms with Crippen LogP contribution >= 0.6 is 0 Å². The van der Waals surface area contributed by atoms with Crippen LogP contribution in [0.2, 0.25) is 19.1 Å². The van der Waals surface area contributed by atoms with Crippen LogP contribution in [0.25, 0.3) is 0 Å². The zero-order valence-electron chi connectivity index (χ0n) is 9.57. The molecule has 81 valence electrons. The molecule has 1 heterocycles. The molecule has 0 spiro atoms. The zero-order valence-corrected chi connectivity index (χ0v) is 10.6. The van der Waals surface area contributed by atoms with E-state index >= 15 is 0 Å². The number of hydrogen-bond acceptors (Lipinski definition) is 1. The molecule has 1 fully saturated rings. The summed E-state index contributed by atoms with van der Waals surface area (Å²) in [6, 6.07) is 12.1. The molecule has 0 bridgehead atoms. The average Bonchev–Trinajstić information content (AvgIpc) is 2.66. The van der Waals surface area contributed by atoms with E-state index in [4.69, 9.17) is 4.74 Å². The molecule has 1 aliphatic heterocycles. The summed E-state index contributed by atoms with van der Waals surface area (Å²) in [5.74, 6) is 0.645. The Labute approximate surface area is 94.1 Å². The van der Waals surface area contributed by atoms with Gasteiger partial charge in [-0.05, 0) is 18.0 Å². The summed E-state index contributed by atoms with van der Waals surface area (Å²) in [6.45, 7) is 5.68. The Kier molecular flexibility index (Phi) is 3.60. The van der Waals surface area contributed by atoms with E-state index in [0.717, 1.165) is 6.61 Å². The van der Waals surface area contributed by atoms with Gasteiger partial charge in [0.15, 0.2) is 0 Å². The second-order valence-electron chi connectivity index (χ2n) is 4.63. The highest BCUT2D eigenvalue weighted by molar-refractivity contribution is 6.55. The van der Waals surface area contributed by atoms with Crippen molar-refractivity contribution in [3.05, 3.63) is 35.9 Å². The highest BCUT2D eigenvalue weighted by Gasteiger charge is 2.29. The zero-order chi connectivity index (χ0) is 10.7. The first-order valence-electron chi connectivity index (χ1n) is 5.73. The van der Waals surface area contributed by atoms with E-state index in [-0.39, 0.29) is 8.80 Å². The molecule has 1 aliphatic rings. The van der Waals surface area contributed by atoms with Crippen LogP contribution in [0.3, 0.4) is 0 Å². The fraction of sp³-hybridized carbons (Fsp3) is 0.538. The average molecular weight is 219 g/mol. The molecule has 0 aromatic heterocycles. The Morgan fingerprint density at radius 2 is 2.00 bits per heavy atom. The van der Waals surface area contributed by atoms with Crippen molar-refractivity contribution in [1.29, 1.82) is 0 Å². The Hall–Kier alpha value is -0.603. The lowest BCUT2D eigenvalue weighted by molar-refractivity contribution is 0.118. The van der Waals surface area contributed by atoms with Gasteiger partial charge >= 0.3 is 0 Å². The highest BCUT2D eigenvalue weighted by Crippen LogP contribution is 2.33. The smallest absolute Gasteiger partial charge is 0.0619 e. The maximum atomic E-state index is 5.86. The first-order valence-corrected chi connectivity index (χ1v) is 8.43. The van der Waals surface area contributed by atoms with Crippen molar-refractivity contribution < 1.29 is 4.74 Å². The van der Waals surface area contributed by atoms with Crippen LogP contribution in [0, 0.1) is 0 Å². The topological polar surface area (TPSA) is 9.23 Å². The van der Waals surface area contributed by atoms with Crippen molar-refractivity contribution in [2.24, 2.45) is 0 Å². The number of rotatable bonds is 3. The largest absolute Gasteiger partial charge is 0.378 e. The van der Waals surface area contributed by atoms with Gasteiger partial charge in [0.1, 0.15) is 0 Å². The van der Waals surface area contributed by atoms with Crippen LogP contribution in [0.4, 0.5) is 0 Å². The Balaban J connectivity index is 2.08. The second-order valence-corrected chi connectivity index (χ2v) is 7.45. The van der Waals surface area contributed by atoms with Crippen LogP contribution in [0.15, 0.2) is 30.3 Å². The highest BCUT2D eigenvalue weighted by atomic mass is 28.3. The summed E-state index contributed by atoms with van der Waals surface area (Å²) in [5, 5.41) is 0. The lowest BCUT2D eigenvalue weighted by Gasteiger charge is -2.20. The lowest BCUT2D eigenvalue weighted by Crippen LogP contribution is -2.19. The summed E-state index contributed by atoms with van der Waals surface area (Å²) in [5.41, 5.74) is 1.46. The maximum Gasteiger partial charge on any atom is 0.0619 e. The lowest BCUT2D eigenvalue weighted by atomic mass is 9.93. The molecule has 2 rings (SSSR count). The monoisotopic (exact) mass is 219 g/mol. The van der Waals surface area contributed by atoms with E-state index in [9.17, 15) is 0 Å². The van der Waals surface area contributed by atoms with Gasteiger partial charge in [-0.3, -0.25) is 0 Å². The fourth-order valence-electron chi connectivity index (χ4n) is 2.33. The minimum absolute atomic E-state index is 0.182. The van der Waals surface area contributed by atoms with Crippen LogP contribution in [0.5, 0.6) is 0 Å². The molecular formula is C13H19OSi. The van der Waals surface area contributed by atoms with E-state index in [0.29, 0.717) is 12.0 Å². The van der Waals surface area contributed by atoms with Gasteiger partial charge in [0.2, 0.25) is 0 Å². The summed E-state index contributed by atoms with van der Waals surface area (Å²) in [6.07, 6.45) is 1.68. The summed E-state index contributed by atoms with van der Waals surface area (Å²) < 4.78 is 5.86. The van der Waals surface area contributed by atoms with E-state index in [2.05, 4.69) is 43.4 Å². The summed E-state index contributed by atoms with van der Waals surface area (Å²) in [7, 11) is -0.182. The number of hydrogen-bond donors (Lipinski definition) is 0. The number of ether oxygens (including phenoxy) is 1. The third-order valence-corrected chi connectivity index (χ3v) is 4.27. The normalized spacial score (nSPS) is 26.1. The molecule has 2 unspecified atom stereocenters. The van der Waals surface area contributed by atoms with Crippen molar-refractivity contribution in [2.75, 3.05) is 6.61 Å². The van der Waals surface area contributed by atoms with Gasteiger partial charge in [-0.1, -0.05) is 43.4 Å². The minimum Gasteiger partial charge on any atom is -0.378 e. The third-order valence-electron chi connectivity index (χ3n) is 3.05. The van der Waals surface area contributed by atoms with Gasteiger partial charge in [0.25, 0.3) is 0 Å². The molecule has 1 radical (unpaired) electrons. The molecule has 0 amide bonds. The molecule has 1 aromatic carbocycles. The van der Waals surface area contributed by atoms with E-state index in [1.165, 1.54) is 18.0 Å². The molecule has 0 N–H and O–H groups in total. The van der Waals surface area contributed by atoms with Crippen molar-refractivity contribution in [3.63, 3.8) is 0 Å². The molecule has 0 aliphatic carbocycles. The standard InChI is InChI=1S/C13H19OSi/c1-15(2)10-13-12(8-9-14-13)11-6-4-3-5-7-11/h3-7,12-13H,8-10H2,1-2H3. The van der Waals surface area contributed by atoms with Crippen LogP contribution in [-0.4, -0.2) is 21.5 Å². The Morgan fingerprint density at radius 1 is 1.27 bits per heavy atom. The van der Waals surface area contributed by atoms with Gasteiger partial charge in [-0.25, -0.2) is 0 Å². The van der Waals surface area contributed by atoms with E-state index in [1.54, 1.807) is 0 Å². The van der Waals surface area contributed by atoms with E-state index in [1.807, 2.05) is 0 Å². The van der Waals surface area contributed by atoms with Crippen molar-refractivity contribution in [2.45, 2.75) is 37.6 Å². The number of benzene rings is 1. The van der Waals surface area contributed by atoms with Crippen LogP contribution < -0.4 is 0 Å². The minimum atomic E-state index is -0.182. The fourth-order valence-corrected chi connectivity index (χ4v) is 3.54. The molecule has 1 aromatic rings. The van der Waals surface area contributed by atoms with Crippen molar-refractivity contribution in [1.82, 2.24) is 0 Å². The maximum absolute atomic E-state index is 5.86. The van der Waals surface area contributed by atoms with E-state index < -0.39 is 0 Å². The first kappa shape index (κ1) is 10.9. The molecule has 1 nitrogen and oxygen atoms in total. The van der Waals surface area contributed by atoms with Crippen molar-refractivity contribution in [3.8, 4) is 0 Å². The summed E-state index contributed by atoms with van der Waals surface area (Å²) in [4.78, 5) is 0. The quantitative estimate of drug-likeness (QED) is 0.709. The molecule has 1 saturated heterocycles. The van der Waals surface area contributed by atoms with Gasteiger partial charge in [-0.2, -0.15) is 0 Å². The van der Waals surface area contributed by atoms with Crippen LogP contribution in [-0.2, 0) is 4.74 Å². The van der Waals surface area contributed by atoms with Crippen molar-refractivity contribution >= 4 is 8.80 Å². The molecule has 2 heteroatoms. The molecule has 15 heavy (non-hydrogen) atoms. The van der Waals surface area contributed by atoms with Gasteiger partial charge < -0.3 is 4.74 Å². The predicted octanol–water partition coefficient (Wildman–Crippen LogP) is 3.31. The molecule has 2 atom stereocenters. The summed E-state index contributed by atoms with van der Waals surface area (Å²) >= 11 is 0. The van der Waals surface area contributed by atoms with Gasteiger partial charge in [0.05, 0.1) is 6.10 Å². The van der Waals surface area contributed by atoms with Gasteiger partial charge in [-0.15, -0.1) is 0 Å². The third kappa shape index (κ3) is 2.70. The van der Waals surface area contributed by atoms with Crippen LogP contribution in [0.1, 0.15) is 17.9 Å². The first-order chi connectivity index (χ1) is 7.27. The Morgan fingerprint density at radius 3 is 2.67 bits per heavy atom.